The number of methoxy groups -OCH3 is 2. The molecule has 0 saturated carbocycles. The molecule has 21 atom stereocenters. The summed E-state index contributed by atoms with van der Waals surface area (Å²) >= 11 is -0.750. The molecule has 7 rings (SSSR count). The van der Waals surface area contributed by atoms with Crippen LogP contribution in [0.3, 0.4) is 0 Å². The van der Waals surface area contributed by atoms with Crippen LogP contribution in [0.1, 0.15) is 260 Å². The van der Waals surface area contributed by atoms with Crippen LogP contribution in [0.25, 0.3) is 0 Å². The van der Waals surface area contributed by atoms with Crippen LogP contribution >= 0.6 is 0 Å². The van der Waals surface area contributed by atoms with Gasteiger partial charge in [-0.2, -0.15) is 8.42 Å². The maximum Gasteiger partial charge on any atom is 0.335 e. The Morgan fingerprint density at radius 3 is 1.27 bits per heavy atom. The molecule has 6 fully saturated rings. The van der Waals surface area contributed by atoms with Gasteiger partial charge in [0.1, 0.15) is 0 Å². The smallest absolute Gasteiger partial charge is 0.335 e. The molecule has 1 aromatic carbocycles. The lowest BCUT2D eigenvalue weighted by Crippen LogP contribution is -2.42. The predicted molar refractivity (Wildman–Crippen MR) is 477 cm³/mol. The SMILES string of the molecule is C.C.C=C1C[C@H](CCCO[Si](CC)(CC)CC)OC1CC[C@H]1C[C@@H](C)C(=C)C(C[C@@H]2O[C@H](C[C@H](C)CO[Si](C)(C)C(C)(C)C)[C@H](C)C2CC(=O)OC)O1.C=C1C[C@H](CCCO[Si](CC)(CC)CC)OC1CC[C@H]1C[C@@H](C)C(=C)C(C[C@@H]2O[C@H](C[C@H](C)CO[Si](C)(C)C(C)(C)C)[C@H](C)C2[C@H](C(=O)OC)c2ccccc2)O1.O=S=O. The second-order valence-electron chi connectivity index (χ2n) is 37.7. The third-order valence-electron chi connectivity index (χ3n) is 28.1. The van der Waals surface area contributed by atoms with Crippen molar-refractivity contribution in [2.45, 2.75) is 400 Å². The monoisotopic (exact) mass is 1670 g/mol. The van der Waals surface area contributed by atoms with Gasteiger partial charge in [-0.3, -0.25) is 9.59 Å². The van der Waals surface area contributed by atoms with Crippen molar-refractivity contribution in [3.8, 4) is 0 Å². The van der Waals surface area contributed by atoms with Crippen LogP contribution in [-0.2, 0) is 76.8 Å². The van der Waals surface area contributed by atoms with Crippen LogP contribution in [0, 0.1) is 47.3 Å². The first kappa shape index (κ1) is 105. The molecule has 0 amide bonds. The Morgan fingerprint density at radius 1 is 0.513 bits per heavy atom. The van der Waals surface area contributed by atoms with Crippen molar-refractivity contribution in [2.24, 2.45) is 47.3 Å². The molecule has 0 radical (unpaired) electrons. The minimum atomic E-state index is -1.88. The Balaban J connectivity index is 0.000000559. The third-order valence-corrected chi connectivity index (χ3v) is 46.5. The highest BCUT2D eigenvalue weighted by Gasteiger charge is 2.52. The fraction of sp³-hybridized carbons (Fsp3) is 0.826. The first-order valence-electron chi connectivity index (χ1n) is 43.5. The van der Waals surface area contributed by atoms with E-state index in [0.29, 0.717) is 49.5 Å². The average Bonchev–Trinajstić information content (AvgIpc) is 1.24. The van der Waals surface area contributed by atoms with Crippen molar-refractivity contribution in [1.82, 2.24) is 0 Å². The van der Waals surface area contributed by atoms with E-state index in [2.05, 4.69) is 189 Å². The molecule has 6 heterocycles. The average molecular weight is 1670 g/mol. The van der Waals surface area contributed by atoms with E-state index >= 15 is 0 Å². The lowest BCUT2D eigenvalue weighted by atomic mass is 9.72. The lowest BCUT2D eigenvalue weighted by Gasteiger charge is -2.39. The zero-order valence-electron chi connectivity index (χ0n) is 74.4. The molecule has 0 aromatic heterocycles. The summed E-state index contributed by atoms with van der Waals surface area (Å²) in [6.07, 6.45) is 15.5. The molecule has 113 heavy (non-hydrogen) atoms. The molecule has 1 aromatic rings. The van der Waals surface area contributed by atoms with E-state index in [-0.39, 0.29) is 134 Å². The summed E-state index contributed by atoms with van der Waals surface area (Å²) < 4.78 is 94.4. The summed E-state index contributed by atoms with van der Waals surface area (Å²) in [7, 11) is -3.82. The molecule has 654 valence electrons. The van der Waals surface area contributed by atoms with Crippen molar-refractivity contribution >= 4 is 56.8 Å². The van der Waals surface area contributed by atoms with E-state index in [0.717, 1.165) is 126 Å². The van der Waals surface area contributed by atoms with E-state index in [4.69, 9.17) is 64.0 Å². The Hall–Kier alpha value is -2.59. The van der Waals surface area contributed by atoms with Gasteiger partial charge in [0.2, 0.25) is 0 Å². The van der Waals surface area contributed by atoms with E-state index in [1.54, 1.807) is 0 Å². The normalized spacial score (nSPS) is 29.3. The van der Waals surface area contributed by atoms with Crippen molar-refractivity contribution in [3.05, 3.63) is 84.5 Å². The minimum absolute atomic E-state index is 0. The zero-order chi connectivity index (χ0) is 83.0. The van der Waals surface area contributed by atoms with Gasteiger partial charge in [0.25, 0.3) is 0 Å². The van der Waals surface area contributed by atoms with E-state index in [1.165, 1.54) is 61.6 Å². The lowest BCUT2D eigenvalue weighted by molar-refractivity contribution is -0.145. The van der Waals surface area contributed by atoms with Gasteiger partial charge in [-0.1, -0.05) is 196 Å². The van der Waals surface area contributed by atoms with Crippen molar-refractivity contribution in [1.29, 1.82) is 0 Å². The van der Waals surface area contributed by atoms with Gasteiger partial charge in [0.15, 0.2) is 33.3 Å². The molecule has 6 aliphatic rings. The second-order valence-corrected chi connectivity index (χ2v) is 57.0. The molecule has 6 saturated heterocycles. The molecule has 21 heteroatoms. The number of benzene rings is 1. The minimum Gasteiger partial charge on any atom is -0.469 e. The Bertz CT molecular complexity index is 3020. The summed E-state index contributed by atoms with van der Waals surface area (Å²) in [6, 6.07) is 17.3. The maximum absolute atomic E-state index is 13.7. The molecule has 16 nitrogen and oxygen atoms in total. The largest absolute Gasteiger partial charge is 0.469 e. The van der Waals surface area contributed by atoms with Gasteiger partial charge in [0, 0.05) is 51.1 Å². The van der Waals surface area contributed by atoms with Crippen molar-refractivity contribution < 1.29 is 73.6 Å². The number of ether oxygens (including phenoxy) is 8. The van der Waals surface area contributed by atoms with E-state index in [9.17, 15) is 9.59 Å². The quantitative estimate of drug-likeness (QED) is 0.0261. The van der Waals surface area contributed by atoms with Crippen LogP contribution in [0.15, 0.2) is 78.9 Å². The first-order chi connectivity index (χ1) is 52.2. The number of esters is 2. The number of hydrogen-bond donors (Lipinski definition) is 0. The number of rotatable bonds is 41. The second kappa shape index (κ2) is 48.7. The van der Waals surface area contributed by atoms with Crippen LogP contribution in [0.2, 0.25) is 72.5 Å². The van der Waals surface area contributed by atoms with Crippen LogP contribution in [0.4, 0.5) is 0 Å². The summed E-state index contributed by atoms with van der Waals surface area (Å²) in [6.45, 7) is 71.4. The van der Waals surface area contributed by atoms with Crippen molar-refractivity contribution in [2.75, 3.05) is 40.6 Å². The van der Waals surface area contributed by atoms with Crippen molar-refractivity contribution in [3.63, 3.8) is 0 Å². The molecule has 6 aliphatic heterocycles. The number of hydrogen-bond acceptors (Lipinski definition) is 16. The molecular weight excluding hydrogens is 1510 g/mol. The van der Waals surface area contributed by atoms with Gasteiger partial charge >= 0.3 is 23.5 Å². The summed E-state index contributed by atoms with van der Waals surface area (Å²) in [4.78, 5) is 26.3. The van der Waals surface area contributed by atoms with Crippen LogP contribution in [-0.4, -0.2) is 168 Å². The highest BCUT2D eigenvalue weighted by Crippen LogP contribution is 2.50. The van der Waals surface area contributed by atoms with Gasteiger partial charge in [-0.05, 0) is 226 Å². The zero-order valence-corrected chi connectivity index (χ0v) is 79.2. The predicted octanol–water partition coefficient (Wildman–Crippen LogP) is 23.3. The molecule has 0 aliphatic carbocycles. The first-order valence-corrected chi connectivity index (χ1v) is 55.1. The van der Waals surface area contributed by atoms with Gasteiger partial charge in [0.05, 0.1) is 99.8 Å². The number of carbonyl (C=O) groups excluding carboxylic acids is 2. The number of carbonyl (C=O) groups is 2. The summed E-state index contributed by atoms with van der Waals surface area (Å²) in [5, 5.41) is 0.336. The van der Waals surface area contributed by atoms with E-state index in [1.807, 2.05) is 18.2 Å². The van der Waals surface area contributed by atoms with Gasteiger partial charge in [-0.15, -0.1) is 0 Å². The maximum atomic E-state index is 13.7. The third kappa shape index (κ3) is 30.5. The molecule has 0 N–H and O–H groups in total. The molecular formula is C92H168O16SSi4. The van der Waals surface area contributed by atoms with E-state index < -0.39 is 50.8 Å². The highest BCUT2D eigenvalue weighted by atomic mass is 32.1. The Morgan fingerprint density at radius 2 is 0.894 bits per heavy atom. The standard InChI is InChI=1S/C48H82O7Si2.C42H78O7Si2.2CH4.O2S/c1-15-57(16-2,17-3)51-27-21-24-39-30-35(6)41(53-39)26-25-40-29-34(5)36(7)43(54-40)31-44-45(46(47(49)50-12)38-22-19-18-20-23-38)37(8)42(55-44)28-33(4)32-52-56(13,14)48(9,10)11;1-15-51(16-2,17-3)45-22-18-19-34-25-31(6)37(47-34)21-20-35-24-30(5)32(7)39(48-35)27-40-36(26-41(43)44-12)33(8)38(49-40)23-29(4)28-46-50(13,14)42(9,10)11;;;1-3-2/h18-20,22-23,33-34,37,39-46H,6-7,15-17,21,24-32H2,1-5,8-14H3;29-30,33-40H,6-7,15-28H2,1-5,8-14H3;2*1H4;/t33-,34+,37-,39-,40-,41?,42+,43?,44-,45?,46+;29-,30+,33+,34-,35-,36?,37?,38+,39?,40-;;;/m00.../s1. The fourth-order valence-electron chi connectivity index (χ4n) is 17.7. The topological polar surface area (TPSA) is 179 Å². The Kier molecular flexibility index (Phi) is 45.1. The summed E-state index contributed by atoms with van der Waals surface area (Å²) in [5.41, 5.74) is 5.68. The molecule has 0 bridgehead atoms. The Labute approximate surface area is 698 Å². The highest BCUT2D eigenvalue weighted by molar-refractivity contribution is 7.51. The van der Waals surface area contributed by atoms with Crippen LogP contribution in [0.5, 0.6) is 0 Å². The van der Waals surface area contributed by atoms with Gasteiger partial charge < -0.3 is 55.6 Å². The van der Waals surface area contributed by atoms with Gasteiger partial charge in [-0.25, -0.2) is 0 Å². The fourth-order valence-corrected chi connectivity index (χ4v) is 25.4. The van der Waals surface area contributed by atoms with Crippen LogP contribution < -0.4 is 0 Å². The summed E-state index contributed by atoms with van der Waals surface area (Å²) in [5.74, 6) is 0.887. The molecule has 0 spiro atoms. The molecule has 6 unspecified atom stereocenters.